The molecular formula is C24H29NO4. The Morgan fingerprint density at radius 1 is 1.03 bits per heavy atom. The van der Waals surface area contributed by atoms with Gasteiger partial charge in [-0.15, -0.1) is 6.58 Å². The molecule has 29 heavy (non-hydrogen) atoms. The quantitative estimate of drug-likeness (QED) is 0.477. The van der Waals surface area contributed by atoms with Crippen molar-refractivity contribution in [2.24, 2.45) is 0 Å². The summed E-state index contributed by atoms with van der Waals surface area (Å²) in [5.74, 6) is -0.438. The standard InChI is InChI=1S/C24H29NO4/c1-5-6-17-20(28-22(26)19-15-11-8-12-16-19)21(18-13-9-7-10-14-18)25-23(27)29-24(2,3)4/h5,7-16,20-21H,1,6,17H2,2-4H3,(H,25,27)/t20-,21-/m1/s1. The van der Waals surface area contributed by atoms with Crippen LogP contribution in [-0.2, 0) is 9.47 Å². The van der Waals surface area contributed by atoms with E-state index in [9.17, 15) is 9.59 Å². The van der Waals surface area contributed by atoms with Crippen LogP contribution in [0.15, 0.2) is 73.3 Å². The summed E-state index contributed by atoms with van der Waals surface area (Å²) in [6, 6.07) is 17.7. The highest BCUT2D eigenvalue weighted by molar-refractivity contribution is 5.89. The first-order valence-corrected chi connectivity index (χ1v) is 9.71. The molecule has 2 rings (SSSR count). The van der Waals surface area contributed by atoms with Gasteiger partial charge in [-0.1, -0.05) is 54.6 Å². The van der Waals surface area contributed by atoms with Crippen molar-refractivity contribution in [3.8, 4) is 0 Å². The number of hydrogen-bond acceptors (Lipinski definition) is 4. The maximum atomic E-state index is 12.7. The molecule has 0 saturated heterocycles. The third-order valence-electron chi connectivity index (χ3n) is 4.13. The number of allylic oxidation sites excluding steroid dienone is 1. The minimum Gasteiger partial charge on any atom is -0.456 e. The molecule has 2 aromatic carbocycles. The maximum absolute atomic E-state index is 12.7. The Morgan fingerprint density at radius 3 is 2.17 bits per heavy atom. The molecule has 5 nitrogen and oxygen atoms in total. The molecule has 0 spiro atoms. The third kappa shape index (κ3) is 7.45. The predicted octanol–water partition coefficient (Wildman–Crippen LogP) is 5.44. The van der Waals surface area contributed by atoms with Gasteiger partial charge in [0.25, 0.3) is 0 Å². The Balaban J connectivity index is 2.29. The lowest BCUT2D eigenvalue weighted by atomic mass is 9.97. The minimum absolute atomic E-state index is 0.438. The molecule has 0 radical (unpaired) electrons. The number of hydrogen-bond donors (Lipinski definition) is 1. The second-order valence-corrected chi connectivity index (χ2v) is 7.71. The number of nitrogens with one attached hydrogen (secondary N) is 1. The molecule has 2 atom stereocenters. The average Bonchev–Trinajstić information content (AvgIpc) is 2.69. The molecule has 0 fully saturated rings. The lowest BCUT2D eigenvalue weighted by molar-refractivity contribution is 0.0116. The largest absolute Gasteiger partial charge is 0.456 e. The van der Waals surface area contributed by atoms with E-state index in [1.807, 2.05) is 36.4 Å². The Labute approximate surface area is 172 Å². The van der Waals surface area contributed by atoms with E-state index in [4.69, 9.17) is 9.47 Å². The van der Waals surface area contributed by atoms with Crippen LogP contribution in [0.3, 0.4) is 0 Å². The SMILES string of the molecule is C=CCC[C@@H](OC(=O)c1ccccc1)[C@H](NC(=O)OC(C)(C)C)c1ccccc1. The fourth-order valence-corrected chi connectivity index (χ4v) is 2.84. The van der Waals surface area contributed by atoms with Gasteiger partial charge in [0.15, 0.2) is 0 Å². The molecule has 0 aromatic heterocycles. The van der Waals surface area contributed by atoms with E-state index >= 15 is 0 Å². The lowest BCUT2D eigenvalue weighted by Crippen LogP contribution is -2.41. The van der Waals surface area contributed by atoms with Crippen LogP contribution in [0.25, 0.3) is 0 Å². The molecule has 0 aliphatic carbocycles. The summed E-state index contributed by atoms with van der Waals surface area (Å²) in [6.07, 6.45) is 1.75. The van der Waals surface area contributed by atoms with Crippen LogP contribution in [0.5, 0.6) is 0 Å². The molecule has 0 saturated carbocycles. The molecule has 1 N–H and O–H groups in total. The second-order valence-electron chi connectivity index (χ2n) is 7.71. The Morgan fingerprint density at radius 2 is 1.62 bits per heavy atom. The highest BCUT2D eigenvalue weighted by Gasteiger charge is 2.30. The zero-order valence-corrected chi connectivity index (χ0v) is 17.3. The van der Waals surface area contributed by atoms with Crippen molar-refractivity contribution in [2.75, 3.05) is 0 Å². The Bertz CT molecular complexity index is 797. The number of ether oxygens (including phenoxy) is 2. The summed E-state index contributed by atoms with van der Waals surface area (Å²) in [6.45, 7) is 9.16. The van der Waals surface area contributed by atoms with E-state index in [1.54, 1.807) is 51.1 Å². The van der Waals surface area contributed by atoms with Crippen LogP contribution in [0.4, 0.5) is 4.79 Å². The molecule has 5 heteroatoms. The molecular weight excluding hydrogens is 366 g/mol. The number of esters is 1. The van der Waals surface area contributed by atoms with Crippen LogP contribution in [0.1, 0.15) is 55.6 Å². The van der Waals surface area contributed by atoms with Crippen molar-refractivity contribution >= 4 is 12.1 Å². The van der Waals surface area contributed by atoms with Gasteiger partial charge < -0.3 is 14.8 Å². The van der Waals surface area contributed by atoms with Gasteiger partial charge in [0.05, 0.1) is 11.6 Å². The fourth-order valence-electron chi connectivity index (χ4n) is 2.84. The summed E-state index contributed by atoms with van der Waals surface area (Å²) in [5.41, 5.74) is 0.649. The van der Waals surface area contributed by atoms with Crippen LogP contribution >= 0.6 is 0 Å². The van der Waals surface area contributed by atoms with E-state index in [1.165, 1.54) is 0 Å². The van der Waals surface area contributed by atoms with Crippen molar-refractivity contribution in [3.05, 3.63) is 84.4 Å². The number of rotatable bonds is 8. The van der Waals surface area contributed by atoms with Crippen LogP contribution in [-0.4, -0.2) is 23.8 Å². The van der Waals surface area contributed by atoms with Crippen molar-refractivity contribution < 1.29 is 19.1 Å². The van der Waals surface area contributed by atoms with E-state index in [0.29, 0.717) is 18.4 Å². The first-order chi connectivity index (χ1) is 13.8. The number of alkyl carbamates (subject to hydrolysis) is 1. The van der Waals surface area contributed by atoms with Gasteiger partial charge in [0.1, 0.15) is 11.7 Å². The second kappa shape index (κ2) is 10.5. The highest BCUT2D eigenvalue weighted by atomic mass is 16.6. The zero-order valence-electron chi connectivity index (χ0n) is 17.3. The van der Waals surface area contributed by atoms with Gasteiger partial charge in [-0.3, -0.25) is 0 Å². The molecule has 0 bridgehead atoms. The molecule has 1 amide bonds. The van der Waals surface area contributed by atoms with Crippen molar-refractivity contribution in [3.63, 3.8) is 0 Å². The van der Waals surface area contributed by atoms with Gasteiger partial charge >= 0.3 is 12.1 Å². The van der Waals surface area contributed by atoms with Gasteiger partial charge in [-0.2, -0.15) is 0 Å². The number of carbonyl (C=O) groups excluding carboxylic acids is 2. The Hall–Kier alpha value is -3.08. The smallest absolute Gasteiger partial charge is 0.408 e. The van der Waals surface area contributed by atoms with Gasteiger partial charge in [0, 0.05) is 0 Å². The summed E-state index contributed by atoms with van der Waals surface area (Å²) < 4.78 is 11.3. The molecule has 0 aliphatic rings. The normalized spacial score (nSPS) is 13.1. The summed E-state index contributed by atoms with van der Waals surface area (Å²) in [7, 11) is 0. The van der Waals surface area contributed by atoms with E-state index < -0.39 is 29.8 Å². The van der Waals surface area contributed by atoms with E-state index in [2.05, 4.69) is 11.9 Å². The van der Waals surface area contributed by atoms with Crippen LogP contribution in [0.2, 0.25) is 0 Å². The fraction of sp³-hybridized carbons (Fsp3) is 0.333. The highest BCUT2D eigenvalue weighted by Crippen LogP contribution is 2.25. The molecule has 0 unspecified atom stereocenters. The molecule has 154 valence electrons. The minimum atomic E-state index is -0.636. The lowest BCUT2D eigenvalue weighted by Gasteiger charge is -2.29. The average molecular weight is 395 g/mol. The van der Waals surface area contributed by atoms with Gasteiger partial charge in [-0.05, 0) is 51.3 Å². The molecule has 0 aliphatic heterocycles. The predicted molar refractivity (Wildman–Crippen MR) is 114 cm³/mol. The van der Waals surface area contributed by atoms with Gasteiger partial charge in [0.2, 0.25) is 0 Å². The summed E-state index contributed by atoms with van der Waals surface area (Å²) in [5, 5.41) is 2.88. The number of amides is 1. The van der Waals surface area contributed by atoms with Crippen molar-refractivity contribution in [1.82, 2.24) is 5.32 Å². The zero-order chi connectivity index (χ0) is 21.3. The number of benzene rings is 2. The van der Waals surface area contributed by atoms with Crippen LogP contribution in [0, 0.1) is 0 Å². The topological polar surface area (TPSA) is 64.6 Å². The van der Waals surface area contributed by atoms with Crippen LogP contribution < -0.4 is 5.32 Å². The molecule has 0 heterocycles. The summed E-state index contributed by atoms with van der Waals surface area (Å²) >= 11 is 0. The first kappa shape index (κ1) is 22.2. The molecule has 2 aromatic rings. The maximum Gasteiger partial charge on any atom is 0.408 e. The third-order valence-corrected chi connectivity index (χ3v) is 4.13. The van der Waals surface area contributed by atoms with Gasteiger partial charge in [-0.25, -0.2) is 9.59 Å². The first-order valence-electron chi connectivity index (χ1n) is 9.71. The van der Waals surface area contributed by atoms with Crippen molar-refractivity contribution in [2.45, 2.75) is 51.4 Å². The Kier molecular flexibility index (Phi) is 8.01. The van der Waals surface area contributed by atoms with E-state index in [0.717, 1.165) is 5.56 Å². The number of carbonyl (C=O) groups is 2. The van der Waals surface area contributed by atoms with Crippen molar-refractivity contribution in [1.29, 1.82) is 0 Å². The summed E-state index contributed by atoms with van der Waals surface area (Å²) in [4.78, 5) is 25.2. The monoisotopic (exact) mass is 395 g/mol. The van der Waals surface area contributed by atoms with E-state index in [-0.39, 0.29) is 0 Å².